The SMILES string of the molecule is COc1cc2c(cc1OC)[C@]13CCCC[C@H]1N(CC3)C2. The summed E-state index contributed by atoms with van der Waals surface area (Å²) in [6, 6.07) is 5.25. The normalized spacial score (nSPS) is 34.3. The molecule has 0 amide bonds. The second kappa shape index (κ2) is 4.39. The zero-order valence-electron chi connectivity index (χ0n) is 12.4. The molecule has 0 N–H and O–H groups in total. The van der Waals surface area contributed by atoms with Gasteiger partial charge in [-0.05, 0) is 49.1 Å². The van der Waals surface area contributed by atoms with Gasteiger partial charge in [-0.2, -0.15) is 0 Å². The summed E-state index contributed by atoms with van der Waals surface area (Å²) in [7, 11) is 3.47. The molecule has 2 aliphatic heterocycles. The van der Waals surface area contributed by atoms with Crippen LogP contribution >= 0.6 is 0 Å². The number of nitrogens with zero attached hydrogens (tertiary/aromatic N) is 1. The van der Waals surface area contributed by atoms with Crippen LogP contribution < -0.4 is 9.47 Å². The second-order valence-corrected chi connectivity index (χ2v) is 6.50. The predicted octanol–water partition coefficient (Wildman–Crippen LogP) is 3.10. The van der Waals surface area contributed by atoms with Gasteiger partial charge in [-0.1, -0.05) is 12.8 Å². The van der Waals surface area contributed by atoms with Crippen LogP contribution in [0.1, 0.15) is 43.2 Å². The standard InChI is InChI=1S/C17H23NO2/c1-19-14-9-12-11-18-8-7-17(6-4-3-5-16(17)18)13(12)10-15(14)20-2/h9-10,16H,3-8,11H2,1-2H3/t16-,17-/m1/s1. The average Bonchev–Trinajstić information content (AvgIpc) is 2.79. The highest BCUT2D eigenvalue weighted by molar-refractivity contribution is 5.52. The molecule has 0 aromatic heterocycles. The van der Waals surface area contributed by atoms with Gasteiger partial charge in [-0.3, -0.25) is 4.90 Å². The van der Waals surface area contributed by atoms with Crippen molar-refractivity contribution in [3.8, 4) is 11.5 Å². The minimum atomic E-state index is 0.394. The van der Waals surface area contributed by atoms with Crippen LogP contribution in [-0.4, -0.2) is 31.7 Å². The van der Waals surface area contributed by atoms with Crippen LogP contribution in [0, 0.1) is 0 Å². The molecule has 0 radical (unpaired) electrons. The Morgan fingerprint density at radius 1 is 1.10 bits per heavy atom. The van der Waals surface area contributed by atoms with Crippen LogP contribution in [0.25, 0.3) is 0 Å². The third kappa shape index (κ3) is 1.50. The van der Waals surface area contributed by atoms with Crippen molar-refractivity contribution < 1.29 is 9.47 Å². The molecule has 1 aromatic rings. The Bertz CT molecular complexity index is 542. The van der Waals surface area contributed by atoms with Gasteiger partial charge in [0, 0.05) is 18.0 Å². The summed E-state index contributed by atoms with van der Waals surface area (Å²) in [5, 5.41) is 0. The van der Waals surface area contributed by atoms with E-state index >= 15 is 0 Å². The molecule has 2 bridgehead atoms. The van der Waals surface area contributed by atoms with Crippen LogP contribution in [-0.2, 0) is 12.0 Å². The van der Waals surface area contributed by atoms with Gasteiger partial charge in [0.1, 0.15) is 0 Å². The van der Waals surface area contributed by atoms with Gasteiger partial charge in [0.15, 0.2) is 11.5 Å². The summed E-state index contributed by atoms with van der Waals surface area (Å²) in [6.45, 7) is 2.34. The van der Waals surface area contributed by atoms with Crippen molar-refractivity contribution in [2.24, 2.45) is 0 Å². The maximum atomic E-state index is 5.55. The van der Waals surface area contributed by atoms with Gasteiger partial charge < -0.3 is 9.47 Å². The van der Waals surface area contributed by atoms with Crippen LogP contribution in [0.3, 0.4) is 0 Å². The average molecular weight is 273 g/mol. The molecule has 3 nitrogen and oxygen atoms in total. The number of benzene rings is 1. The van der Waals surface area contributed by atoms with E-state index < -0.39 is 0 Å². The summed E-state index contributed by atoms with van der Waals surface area (Å²) in [5.41, 5.74) is 3.40. The fourth-order valence-electron chi connectivity index (χ4n) is 4.92. The van der Waals surface area contributed by atoms with Gasteiger partial charge in [-0.25, -0.2) is 0 Å². The summed E-state index contributed by atoms with van der Waals surface area (Å²) >= 11 is 0. The Balaban J connectivity index is 1.88. The van der Waals surface area contributed by atoms with Crippen LogP contribution in [0.4, 0.5) is 0 Å². The van der Waals surface area contributed by atoms with Gasteiger partial charge in [0.25, 0.3) is 0 Å². The third-order valence-electron chi connectivity index (χ3n) is 5.79. The molecular weight excluding hydrogens is 250 g/mol. The molecule has 20 heavy (non-hydrogen) atoms. The summed E-state index contributed by atoms with van der Waals surface area (Å²) in [4.78, 5) is 2.70. The predicted molar refractivity (Wildman–Crippen MR) is 78.5 cm³/mol. The molecule has 0 spiro atoms. The minimum Gasteiger partial charge on any atom is -0.493 e. The molecule has 3 atom stereocenters. The van der Waals surface area contributed by atoms with Crippen molar-refractivity contribution in [2.45, 2.75) is 50.1 Å². The number of ether oxygens (including phenoxy) is 2. The first-order valence-corrected chi connectivity index (χ1v) is 7.78. The molecule has 2 heterocycles. The largest absolute Gasteiger partial charge is 0.493 e. The quantitative estimate of drug-likeness (QED) is 0.826. The van der Waals surface area contributed by atoms with E-state index in [-0.39, 0.29) is 0 Å². The molecule has 3 heteroatoms. The minimum absolute atomic E-state index is 0.394. The number of methoxy groups -OCH3 is 2. The lowest BCUT2D eigenvalue weighted by molar-refractivity contribution is 0.132. The van der Waals surface area contributed by atoms with Crippen molar-refractivity contribution in [2.75, 3.05) is 20.8 Å². The molecule has 1 saturated heterocycles. The van der Waals surface area contributed by atoms with Gasteiger partial charge in [-0.15, -0.1) is 0 Å². The maximum Gasteiger partial charge on any atom is 0.161 e. The van der Waals surface area contributed by atoms with E-state index in [1.807, 2.05) is 0 Å². The fraction of sp³-hybridized carbons (Fsp3) is 0.647. The summed E-state index contributed by atoms with van der Waals surface area (Å²) < 4.78 is 11.0. The summed E-state index contributed by atoms with van der Waals surface area (Å²) in [6.07, 6.45) is 6.80. The van der Waals surface area contributed by atoms with Gasteiger partial charge in [0.2, 0.25) is 0 Å². The van der Waals surface area contributed by atoms with E-state index in [4.69, 9.17) is 9.47 Å². The molecule has 1 unspecified atom stereocenters. The highest BCUT2D eigenvalue weighted by Gasteiger charge is 2.53. The Morgan fingerprint density at radius 2 is 1.90 bits per heavy atom. The first kappa shape index (κ1) is 12.5. The lowest BCUT2D eigenvalue weighted by Gasteiger charge is -2.47. The lowest BCUT2D eigenvalue weighted by Crippen LogP contribution is -2.48. The van der Waals surface area contributed by atoms with Gasteiger partial charge >= 0.3 is 0 Å². The topological polar surface area (TPSA) is 21.7 Å². The van der Waals surface area contributed by atoms with Crippen molar-refractivity contribution in [1.29, 1.82) is 0 Å². The fourth-order valence-corrected chi connectivity index (χ4v) is 4.92. The number of rotatable bonds is 2. The number of hydrogen-bond acceptors (Lipinski definition) is 3. The molecule has 2 fully saturated rings. The van der Waals surface area contributed by atoms with E-state index in [1.54, 1.807) is 19.8 Å². The number of hydrogen-bond donors (Lipinski definition) is 0. The first-order chi connectivity index (χ1) is 9.78. The van der Waals surface area contributed by atoms with Crippen LogP contribution in [0.15, 0.2) is 12.1 Å². The lowest BCUT2D eigenvalue weighted by atomic mass is 9.63. The molecule has 108 valence electrons. The van der Waals surface area contributed by atoms with Crippen LogP contribution in [0.5, 0.6) is 11.5 Å². The van der Waals surface area contributed by atoms with E-state index in [1.165, 1.54) is 44.2 Å². The Labute approximate surface area is 120 Å². The Morgan fingerprint density at radius 3 is 2.70 bits per heavy atom. The maximum absolute atomic E-state index is 5.55. The van der Waals surface area contributed by atoms with E-state index in [0.29, 0.717) is 5.41 Å². The van der Waals surface area contributed by atoms with Crippen molar-refractivity contribution in [3.05, 3.63) is 23.3 Å². The molecule has 3 aliphatic rings. The van der Waals surface area contributed by atoms with E-state index in [0.717, 1.165) is 24.1 Å². The van der Waals surface area contributed by atoms with Crippen LogP contribution in [0.2, 0.25) is 0 Å². The summed E-state index contributed by atoms with van der Waals surface area (Å²) in [5.74, 6) is 1.77. The highest BCUT2D eigenvalue weighted by Crippen LogP contribution is 2.54. The van der Waals surface area contributed by atoms with Gasteiger partial charge in [0.05, 0.1) is 14.2 Å². The monoisotopic (exact) mass is 273 g/mol. The third-order valence-corrected chi connectivity index (χ3v) is 5.79. The molecular formula is C17H23NO2. The molecule has 1 saturated carbocycles. The first-order valence-electron chi connectivity index (χ1n) is 7.78. The highest BCUT2D eigenvalue weighted by atomic mass is 16.5. The van der Waals surface area contributed by atoms with Crippen molar-refractivity contribution in [3.63, 3.8) is 0 Å². The van der Waals surface area contributed by atoms with Crippen molar-refractivity contribution in [1.82, 2.24) is 4.90 Å². The molecule has 1 aliphatic carbocycles. The smallest absolute Gasteiger partial charge is 0.161 e. The number of fused-ring (bicyclic) bond motifs is 1. The van der Waals surface area contributed by atoms with E-state index in [2.05, 4.69) is 17.0 Å². The zero-order chi connectivity index (χ0) is 13.7. The van der Waals surface area contributed by atoms with E-state index in [9.17, 15) is 0 Å². The van der Waals surface area contributed by atoms with Crippen molar-refractivity contribution >= 4 is 0 Å². The second-order valence-electron chi connectivity index (χ2n) is 6.50. The molecule has 1 aromatic carbocycles. The Kier molecular flexibility index (Phi) is 2.75. The molecule has 4 rings (SSSR count). The Hall–Kier alpha value is -1.22. The zero-order valence-corrected chi connectivity index (χ0v) is 12.4.